The molecule has 2 atom stereocenters. The minimum Gasteiger partial charge on any atom is -0.361 e. The first-order valence-corrected chi connectivity index (χ1v) is 8.46. The van der Waals surface area contributed by atoms with Crippen LogP contribution in [0.15, 0.2) is 33.9 Å². The van der Waals surface area contributed by atoms with Gasteiger partial charge in [-0.3, -0.25) is 4.79 Å². The van der Waals surface area contributed by atoms with E-state index in [4.69, 9.17) is 4.52 Å². The van der Waals surface area contributed by atoms with E-state index in [0.29, 0.717) is 23.3 Å². The fourth-order valence-electron chi connectivity index (χ4n) is 2.43. The highest BCUT2D eigenvalue weighted by Crippen LogP contribution is 2.33. The summed E-state index contributed by atoms with van der Waals surface area (Å²) in [6.07, 6.45) is 3.91. The molecule has 6 heteroatoms. The van der Waals surface area contributed by atoms with Crippen LogP contribution >= 0.6 is 11.8 Å². The maximum absolute atomic E-state index is 12.4. The third-order valence-corrected chi connectivity index (χ3v) is 4.85. The van der Waals surface area contributed by atoms with Crippen molar-refractivity contribution >= 4 is 17.7 Å². The quantitative estimate of drug-likeness (QED) is 0.829. The third-order valence-electron chi connectivity index (χ3n) is 3.81. The average molecular weight is 317 g/mol. The Morgan fingerprint density at radius 2 is 2.41 bits per heavy atom. The number of nitrogens with one attached hydrogen (secondary N) is 1. The van der Waals surface area contributed by atoms with E-state index in [2.05, 4.69) is 22.4 Å². The normalized spacial score (nSPS) is 19.9. The van der Waals surface area contributed by atoms with Crippen LogP contribution in [-0.4, -0.2) is 22.1 Å². The van der Waals surface area contributed by atoms with Crippen molar-refractivity contribution in [3.63, 3.8) is 0 Å². The van der Waals surface area contributed by atoms with Crippen LogP contribution in [0.4, 0.5) is 0 Å². The lowest BCUT2D eigenvalue weighted by atomic mass is 10.2. The van der Waals surface area contributed by atoms with Crippen molar-refractivity contribution in [2.24, 2.45) is 5.92 Å². The second kappa shape index (κ2) is 6.52. The Kier molecular flexibility index (Phi) is 4.47. The molecule has 22 heavy (non-hydrogen) atoms. The molecule has 1 aliphatic carbocycles. The number of aryl methyl sites for hydroxylation is 1. The Bertz CT molecular complexity index is 671. The summed E-state index contributed by atoms with van der Waals surface area (Å²) in [6.45, 7) is 4.02. The minimum absolute atomic E-state index is 0.0344. The Hall–Kier alpha value is -1.82. The Labute approximate surface area is 133 Å². The largest absolute Gasteiger partial charge is 0.361 e. The summed E-state index contributed by atoms with van der Waals surface area (Å²) in [4.78, 5) is 16.7. The van der Waals surface area contributed by atoms with E-state index in [9.17, 15) is 4.79 Å². The molecule has 1 amide bonds. The van der Waals surface area contributed by atoms with Crippen LogP contribution in [0.5, 0.6) is 0 Å². The number of aromatic nitrogens is 2. The second-order valence-electron chi connectivity index (χ2n) is 5.56. The molecule has 1 N–H and O–H groups in total. The van der Waals surface area contributed by atoms with Crippen LogP contribution < -0.4 is 5.32 Å². The summed E-state index contributed by atoms with van der Waals surface area (Å²) >= 11 is 1.50. The van der Waals surface area contributed by atoms with Gasteiger partial charge in [0.1, 0.15) is 10.8 Å². The smallest absolute Gasteiger partial charge is 0.254 e. The third kappa shape index (κ3) is 3.50. The van der Waals surface area contributed by atoms with Crippen molar-refractivity contribution in [1.82, 2.24) is 15.5 Å². The number of thioether (sulfide) groups is 1. The first kappa shape index (κ1) is 15.1. The molecule has 2 aromatic rings. The predicted octanol–water partition coefficient (Wildman–Crippen LogP) is 3.20. The van der Waals surface area contributed by atoms with Gasteiger partial charge < -0.3 is 9.84 Å². The Morgan fingerprint density at radius 3 is 3.09 bits per heavy atom. The number of carbonyl (C=O) groups is 1. The SMILES string of the molecule is CCC1CC1NC(=O)c1cccnc1SCc1cc(C)on1. The molecule has 2 aromatic heterocycles. The van der Waals surface area contributed by atoms with Crippen LogP contribution in [0, 0.1) is 12.8 Å². The Balaban J connectivity index is 1.65. The van der Waals surface area contributed by atoms with Crippen molar-refractivity contribution in [3.8, 4) is 0 Å². The van der Waals surface area contributed by atoms with Gasteiger partial charge >= 0.3 is 0 Å². The molecular weight excluding hydrogens is 298 g/mol. The highest BCUT2D eigenvalue weighted by atomic mass is 32.2. The van der Waals surface area contributed by atoms with E-state index in [-0.39, 0.29) is 5.91 Å². The molecule has 3 rings (SSSR count). The molecule has 2 heterocycles. The fourth-order valence-corrected chi connectivity index (χ4v) is 3.30. The van der Waals surface area contributed by atoms with E-state index < -0.39 is 0 Å². The molecule has 0 saturated heterocycles. The number of carbonyl (C=O) groups excluding carboxylic acids is 1. The van der Waals surface area contributed by atoms with Gasteiger partial charge in [-0.25, -0.2) is 4.98 Å². The van der Waals surface area contributed by atoms with Crippen molar-refractivity contribution in [1.29, 1.82) is 0 Å². The summed E-state index contributed by atoms with van der Waals surface area (Å²) in [6, 6.07) is 5.84. The molecule has 0 radical (unpaired) electrons. The summed E-state index contributed by atoms with van der Waals surface area (Å²) < 4.78 is 5.05. The lowest BCUT2D eigenvalue weighted by Crippen LogP contribution is -2.27. The molecule has 1 saturated carbocycles. The second-order valence-corrected chi connectivity index (χ2v) is 6.52. The van der Waals surface area contributed by atoms with Crippen LogP contribution in [0.3, 0.4) is 0 Å². The van der Waals surface area contributed by atoms with E-state index in [1.807, 2.05) is 19.1 Å². The predicted molar refractivity (Wildman–Crippen MR) is 84.7 cm³/mol. The van der Waals surface area contributed by atoms with E-state index in [1.165, 1.54) is 11.8 Å². The van der Waals surface area contributed by atoms with Crippen molar-refractivity contribution in [3.05, 3.63) is 41.4 Å². The van der Waals surface area contributed by atoms with Crippen molar-refractivity contribution in [2.75, 3.05) is 0 Å². The maximum Gasteiger partial charge on any atom is 0.254 e. The molecule has 1 fully saturated rings. The summed E-state index contributed by atoms with van der Waals surface area (Å²) in [5.41, 5.74) is 1.49. The zero-order valence-corrected chi connectivity index (χ0v) is 13.5. The van der Waals surface area contributed by atoms with Crippen LogP contribution in [0.2, 0.25) is 0 Å². The lowest BCUT2D eigenvalue weighted by molar-refractivity contribution is 0.0945. The van der Waals surface area contributed by atoms with Gasteiger partial charge in [-0.15, -0.1) is 0 Å². The van der Waals surface area contributed by atoms with Gasteiger partial charge in [-0.2, -0.15) is 0 Å². The number of pyridine rings is 1. The summed E-state index contributed by atoms with van der Waals surface area (Å²) in [5.74, 6) is 2.02. The van der Waals surface area contributed by atoms with Crippen molar-refractivity contribution < 1.29 is 9.32 Å². The zero-order chi connectivity index (χ0) is 15.5. The van der Waals surface area contributed by atoms with Gasteiger partial charge in [-0.05, 0) is 31.4 Å². The van der Waals surface area contributed by atoms with Crippen molar-refractivity contribution in [2.45, 2.75) is 43.5 Å². The van der Waals surface area contributed by atoms with E-state index in [0.717, 1.165) is 29.3 Å². The average Bonchev–Trinajstić information content (AvgIpc) is 3.15. The topological polar surface area (TPSA) is 68.0 Å². The summed E-state index contributed by atoms with van der Waals surface area (Å²) in [7, 11) is 0. The van der Waals surface area contributed by atoms with Crippen LogP contribution in [0.25, 0.3) is 0 Å². The molecule has 0 bridgehead atoms. The number of nitrogens with zero attached hydrogens (tertiary/aromatic N) is 2. The highest BCUT2D eigenvalue weighted by Gasteiger charge is 2.36. The molecule has 5 nitrogen and oxygen atoms in total. The zero-order valence-electron chi connectivity index (χ0n) is 12.7. The number of rotatable bonds is 6. The molecule has 0 spiro atoms. The highest BCUT2D eigenvalue weighted by molar-refractivity contribution is 7.98. The van der Waals surface area contributed by atoms with Crippen LogP contribution in [0.1, 0.15) is 41.6 Å². The van der Waals surface area contributed by atoms with Gasteiger partial charge in [0.05, 0.1) is 11.3 Å². The minimum atomic E-state index is -0.0344. The van der Waals surface area contributed by atoms with Gasteiger partial charge in [0, 0.05) is 24.1 Å². The van der Waals surface area contributed by atoms with Crippen LogP contribution in [-0.2, 0) is 5.75 Å². The fraction of sp³-hybridized carbons (Fsp3) is 0.438. The monoisotopic (exact) mass is 317 g/mol. The molecule has 0 aliphatic heterocycles. The summed E-state index contributed by atoms with van der Waals surface area (Å²) in [5, 5.41) is 7.78. The molecule has 1 aliphatic rings. The number of amides is 1. The maximum atomic E-state index is 12.4. The molecule has 2 unspecified atom stereocenters. The van der Waals surface area contributed by atoms with Gasteiger partial charge in [0.25, 0.3) is 5.91 Å². The van der Waals surface area contributed by atoms with E-state index in [1.54, 1.807) is 12.3 Å². The first-order chi connectivity index (χ1) is 10.7. The van der Waals surface area contributed by atoms with Gasteiger partial charge in [-0.1, -0.05) is 30.3 Å². The van der Waals surface area contributed by atoms with Gasteiger partial charge in [0.2, 0.25) is 0 Å². The number of hydrogen-bond acceptors (Lipinski definition) is 5. The standard InChI is InChI=1S/C16H19N3O2S/c1-3-11-8-14(11)18-15(20)13-5-4-6-17-16(13)22-9-12-7-10(2)21-19-12/h4-7,11,14H,3,8-9H2,1-2H3,(H,18,20). The van der Waals surface area contributed by atoms with E-state index >= 15 is 0 Å². The van der Waals surface area contributed by atoms with Gasteiger partial charge in [0.15, 0.2) is 0 Å². The first-order valence-electron chi connectivity index (χ1n) is 7.48. The number of hydrogen-bond donors (Lipinski definition) is 1. The molecular formula is C16H19N3O2S. The lowest BCUT2D eigenvalue weighted by Gasteiger charge is -2.08. The molecule has 116 valence electrons. The molecule has 0 aromatic carbocycles. The Morgan fingerprint density at radius 1 is 1.55 bits per heavy atom.